The van der Waals surface area contributed by atoms with Crippen molar-refractivity contribution in [1.29, 1.82) is 0 Å². The number of nitrogens with one attached hydrogen (secondary N) is 1. The third kappa shape index (κ3) is 5.48. The van der Waals surface area contributed by atoms with E-state index in [-0.39, 0.29) is 11.9 Å². The van der Waals surface area contributed by atoms with E-state index in [0.29, 0.717) is 18.7 Å². The number of hydrogen-bond acceptors (Lipinski definition) is 3. The molecule has 0 radical (unpaired) electrons. The van der Waals surface area contributed by atoms with Crippen molar-refractivity contribution >= 4 is 5.91 Å². The fourth-order valence-corrected chi connectivity index (χ4v) is 2.56. The van der Waals surface area contributed by atoms with Gasteiger partial charge in [-0.2, -0.15) is 0 Å². The van der Waals surface area contributed by atoms with Gasteiger partial charge in [-0.15, -0.1) is 0 Å². The number of rotatable bonds is 8. The highest BCUT2D eigenvalue weighted by Gasteiger charge is 2.14. The largest absolute Gasteiger partial charge is 0.380 e. The van der Waals surface area contributed by atoms with Gasteiger partial charge in [-0.05, 0) is 43.8 Å². The lowest BCUT2D eigenvalue weighted by Gasteiger charge is -2.24. The summed E-state index contributed by atoms with van der Waals surface area (Å²) in [6.07, 6.45) is 0.904. The number of ether oxygens (including phenoxy) is 1. The van der Waals surface area contributed by atoms with E-state index in [9.17, 15) is 4.79 Å². The first-order chi connectivity index (χ1) is 11.6. The third-order valence-electron chi connectivity index (χ3n) is 4.07. The third-order valence-corrected chi connectivity index (χ3v) is 4.07. The minimum absolute atomic E-state index is 0.0427. The highest BCUT2D eigenvalue weighted by atomic mass is 16.5. The van der Waals surface area contributed by atoms with Crippen molar-refractivity contribution in [3.63, 3.8) is 0 Å². The molecule has 1 amide bonds. The zero-order valence-corrected chi connectivity index (χ0v) is 14.7. The predicted octanol–water partition coefficient (Wildman–Crippen LogP) is 2.74. The molecule has 1 atom stereocenters. The van der Waals surface area contributed by atoms with Gasteiger partial charge in [0, 0.05) is 25.3 Å². The van der Waals surface area contributed by atoms with Crippen LogP contribution in [-0.4, -0.2) is 44.6 Å². The Kier molecular flexibility index (Phi) is 6.97. The van der Waals surface area contributed by atoms with Crippen molar-refractivity contribution in [3.05, 3.63) is 71.3 Å². The molecular weight excluding hydrogens is 300 g/mol. The van der Waals surface area contributed by atoms with E-state index >= 15 is 0 Å². The molecule has 0 saturated heterocycles. The Morgan fingerprint density at radius 2 is 1.71 bits per heavy atom. The molecule has 2 aromatic rings. The van der Waals surface area contributed by atoms with Crippen LogP contribution < -0.4 is 5.32 Å². The van der Waals surface area contributed by atoms with E-state index in [1.54, 1.807) is 7.11 Å². The van der Waals surface area contributed by atoms with Gasteiger partial charge in [0.25, 0.3) is 5.91 Å². The van der Waals surface area contributed by atoms with Crippen LogP contribution in [0.2, 0.25) is 0 Å². The van der Waals surface area contributed by atoms with Crippen LogP contribution >= 0.6 is 0 Å². The molecule has 0 aliphatic carbocycles. The number of carbonyl (C=O) groups is 1. The zero-order valence-electron chi connectivity index (χ0n) is 14.7. The van der Waals surface area contributed by atoms with E-state index in [1.165, 1.54) is 5.56 Å². The maximum absolute atomic E-state index is 12.3. The Hall–Kier alpha value is -2.17. The van der Waals surface area contributed by atoms with Gasteiger partial charge >= 0.3 is 0 Å². The molecule has 0 bridgehead atoms. The van der Waals surface area contributed by atoms with Gasteiger partial charge in [0.1, 0.15) is 0 Å². The number of hydrogen-bond donors (Lipinski definition) is 1. The van der Waals surface area contributed by atoms with Crippen molar-refractivity contribution in [1.82, 2.24) is 10.2 Å². The molecule has 0 saturated carbocycles. The van der Waals surface area contributed by atoms with Crippen LogP contribution in [0, 0.1) is 0 Å². The molecule has 24 heavy (non-hydrogen) atoms. The first-order valence-corrected chi connectivity index (χ1v) is 8.16. The fourth-order valence-electron chi connectivity index (χ4n) is 2.56. The van der Waals surface area contributed by atoms with Gasteiger partial charge in [0.15, 0.2) is 0 Å². The molecule has 2 aromatic carbocycles. The molecule has 0 heterocycles. The maximum atomic E-state index is 12.3. The Bertz CT molecular complexity index is 624. The molecule has 1 unspecified atom stereocenters. The second kappa shape index (κ2) is 9.21. The molecule has 0 fully saturated rings. The summed E-state index contributed by atoms with van der Waals surface area (Å²) in [4.78, 5) is 14.5. The summed E-state index contributed by atoms with van der Waals surface area (Å²) in [7, 11) is 5.74. The number of amides is 1. The average Bonchev–Trinajstić information content (AvgIpc) is 2.60. The van der Waals surface area contributed by atoms with Crippen molar-refractivity contribution in [2.24, 2.45) is 0 Å². The summed E-state index contributed by atoms with van der Waals surface area (Å²) in [5.74, 6) is -0.0427. The van der Waals surface area contributed by atoms with Crippen LogP contribution in [0.5, 0.6) is 0 Å². The quantitative estimate of drug-likeness (QED) is 0.811. The van der Waals surface area contributed by atoms with Crippen LogP contribution in [0.15, 0.2) is 54.6 Å². The highest BCUT2D eigenvalue weighted by molar-refractivity contribution is 5.94. The molecular formula is C20H26N2O2. The van der Waals surface area contributed by atoms with Crippen LogP contribution in [-0.2, 0) is 17.8 Å². The molecule has 2 rings (SSSR count). The van der Waals surface area contributed by atoms with Gasteiger partial charge in [0.2, 0.25) is 0 Å². The minimum Gasteiger partial charge on any atom is -0.380 e. The van der Waals surface area contributed by atoms with Gasteiger partial charge in [-0.3, -0.25) is 4.79 Å². The Balaban J connectivity index is 1.92. The van der Waals surface area contributed by atoms with E-state index < -0.39 is 0 Å². The summed E-state index contributed by atoms with van der Waals surface area (Å²) < 4.78 is 5.08. The summed E-state index contributed by atoms with van der Waals surface area (Å²) in [5, 5.41) is 3.04. The summed E-state index contributed by atoms with van der Waals surface area (Å²) >= 11 is 0. The smallest absolute Gasteiger partial charge is 0.251 e. The zero-order chi connectivity index (χ0) is 17.4. The predicted molar refractivity (Wildman–Crippen MR) is 97.1 cm³/mol. The SMILES string of the molecule is COCc1ccc(C(=O)NCC(Cc2ccccc2)N(C)C)cc1. The standard InChI is InChI=1S/C20H26N2O2/c1-22(2)19(13-16-7-5-4-6-8-16)14-21-20(23)18-11-9-17(10-12-18)15-24-3/h4-12,19H,13-15H2,1-3H3,(H,21,23). The Labute approximate surface area is 144 Å². The molecule has 4 heteroatoms. The van der Waals surface area contributed by atoms with Crippen molar-refractivity contribution in [2.45, 2.75) is 19.1 Å². The second-order valence-electron chi connectivity index (χ2n) is 6.15. The Morgan fingerprint density at radius 1 is 1.04 bits per heavy atom. The summed E-state index contributed by atoms with van der Waals surface area (Å²) in [6, 6.07) is 18.1. The second-order valence-corrected chi connectivity index (χ2v) is 6.15. The molecule has 0 aromatic heterocycles. The van der Waals surface area contributed by atoms with Crippen molar-refractivity contribution < 1.29 is 9.53 Å². The number of carbonyl (C=O) groups excluding carboxylic acids is 1. The molecule has 128 valence electrons. The van der Waals surface area contributed by atoms with E-state index in [1.807, 2.05) is 56.6 Å². The first-order valence-electron chi connectivity index (χ1n) is 8.16. The Morgan fingerprint density at radius 3 is 2.29 bits per heavy atom. The number of benzene rings is 2. The van der Waals surface area contributed by atoms with E-state index in [2.05, 4.69) is 22.3 Å². The summed E-state index contributed by atoms with van der Waals surface area (Å²) in [5.41, 5.74) is 3.01. The lowest BCUT2D eigenvalue weighted by molar-refractivity contribution is 0.0941. The molecule has 0 aliphatic heterocycles. The van der Waals surface area contributed by atoms with Crippen molar-refractivity contribution in [3.8, 4) is 0 Å². The van der Waals surface area contributed by atoms with Gasteiger partial charge in [-0.25, -0.2) is 0 Å². The maximum Gasteiger partial charge on any atom is 0.251 e. The van der Waals surface area contributed by atoms with Crippen LogP contribution in [0.1, 0.15) is 21.5 Å². The van der Waals surface area contributed by atoms with E-state index in [4.69, 9.17) is 4.74 Å². The van der Waals surface area contributed by atoms with E-state index in [0.717, 1.165) is 12.0 Å². The number of likely N-dealkylation sites (N-methyl/N-ethyl adjacent to an activating group) is 1. The van der Waals surface area contributed by atoms with Gasteiger partial charge < -0.3 is 15.0 Å². The molecule has 1 N–H and O–H groups in total. The monoisotopic (exact) mass is 326 g/mol. The van der Waals surface area contributed by atoms with Crippen LogP contribution in [0.4, 0.5) is 0 Å². The molecule has 0 aliphatic rings. The van der Waals surface area contributed by atoms with Crippen LogP contribution in [0.3, 0.4) is 0 Å². The first kappa shape index (κ1) is 18.2. The van der Waals surface area contributed by atoms with Crippen molar-refractivity contribution in [2.75, 3.05) is 27.7 Å². The lowest BCUT2D eigenvalue weighted by Crippen LogP contribution is -2.41. The average molecular weight is 326 g/mol. The number of nitrogens with zero attached hydrogens (tertiary/aromatic N) is 1. The molecule has 4 nitrogen and oxygen atoms in total. The highest BCUT2D eigenvalue weighted by Crippen LogP contribution is 2.08. The summed E-state index contributed by atoms with van der Waals surface area (Å²) in [6.45, 7) is 1.17. The molecule has 0 spiro atoms. The van der Waals surface area contributed by atoms with Gasteiger partial charge in [0.05, 0.1) is 6.61 Å². The number of methoxy groups -OCH3 is 1. The minimum atomic E-state index is -0.0427. The lowest BCUT2D eigenvalue weighted by atomic mass is 10.0. The topological polar surface area (TPSA) is 41.6 Å². The normalized spacial score (nSPS) is 12.2. The fraction of sp³-hybridized carbons (Fsp3) is 0.350. The van der Waals surface area contributed by atoms with Gasteiger partial charge in [-0.1, -0.05) is 42.5 Å². The van der Waals surface area contributed by atoms with Crippen LogP contribution in [0.25, 0.3) is 0 Å².